The van der Waals surface area contributed by atoms with E-state index in [4.69, 9.17) is 14.7 Å². The van der Waals surface area contributed by atoms with Gasteiger partial charge in [-0.05, 0) is 24.5 Å². The molecule has 2 atom stereocenters. The number of nitrogens with zero attached hydrogens (tertiary/aromatic N) is 4. The van der Waals surface area contributed by atoms with Crippen molar-refractivity contribution in [3.05, 3.63) is 30.1 Å². The van der Waals surface area contributed by atoms with Crippen LogP contribution in [0.15, 0.2) is 24.3 Å². The number of rotatable bonds is 7. The second-order valence-electron chi connectivity index (χ2n) is 9.15. The Morgan fingerprint density at radius 3 is 2.56 bits per heavy atom. The van der Waals surface area contributed by atoms with E-state index >= 15 is 0 Å². The molecule has 2 N–H and O–H groups in total. The maximum atomic E-state index is 12.7. The molecular weight excluding hydrogens is 436 g/mol. The van der Waals surface area contributed by atoms with Gasteiger partial charge in [-0.3, -0.25) is 14.5 Å². The van der Waals surface area contributed by atoms with Gasteiger partial charge in [0.15, 0.2) is 0 Å². The van der Waals surface area contributed by atoms with Crippen LogP contribution in [0.5, 0.6) is 0 Å². The normalized spacial score (nSPS) is 19.8. The number of fused-ring (bicyclic) bond motifs is 1. The topological polar surface area (TPSA) is 117 Å². The minimum Gasteiger partial charge on any atom is -0.467 e. The lowest BCUT2D eigenvalue weighted by molar-refractivity contribution is -0.142. The highest BCUT2D eigenvalue weighted by molar-refractivity contribution is 5.92. The average Bonchev–Trinajstić information content (AvgIpc) is 3.28. The Morgan fingerprint density at radius 1 is 1.18 bits per heavy atom. The van der Waals surface area contributed by atoms with E-state index in [0.29, 0.717) is 57.2 Å². The highest BCUT2D eigenvalue weighted by Gasteiger charge is 2.32. The van der Waals surface area contributed by atoms with Crippen LogP contribution in [0.1, 0.15) is 32.5 Å². The number of aromatic nitrogens is 2. The number of anilines is 1. The Morgan fingerprint density at radius 2 is 1.91 bits per heavy atom. The smallest absolute Gasteiger partial charge is 0.328 e. The summed E-state index contributed by atoms with van der Waals surface area (Å²) in [6.45, 7) is 7.03. The van der Waals surface area contributed by atoms with Gasteiger partial charge in [0.2, 0.25) is 11.8 Å². The summed E-state index contributed by atoms with van der Waals surface area (Å²) in [6, 6.07) is 6.79. The van der Waals surface area contributed by atoms with Gasteiger partial charge in [-0.1, -0.05) is 26.0 Å². The number of hydrogen-bond donors (Lipinski definition) is 2. The standard InChI is InChI=1S/C24H32N6O4/c1-15(2)21(24(33)34-3)28-22-16-6-4-5-7-17(16)25-19(27-22)14-29-10-12-30(13-11-29)23(32)18-8-9-20(31)26-18/h4-7,15,18,21H,8-14H2,1-3H3,(H,26,31)(H,25,27,28)/t18?,21-/m0/s1. The molecule has 2 aromatic rings. The van der Waals surface area contributed by atoms with E-state index in [2.05, 4.69) is 15.5 Å². The van der Waals surface area contributed by atoms with Gasteiger partial charge in [-0.2, -0.15) is 0 Å². The fraction of sp³-hybridized carbons (Fsp3) is 0.542. The van der Waals surface area contributed by atoms with Crippen LogP contribution < -0.4 is 10.6 Å². The minimum atomic E-state index is -0.526. The predicted octanol–water partition coefficient (Wildman–Crippen LogP) is 1.16. The molecule has 0 radical (unpaired) electrons. The van der Waals surface area contributed by atoms with Gasteiger partial charge in [0.1, 0.15) is 23.7 Å². The van der Waals surface area contributed by atoms with Gasteiger partial charge in [-0.15, -0.1) is 0 Å². The van der Waals surface area contributed by atoms with Crippen molar-refractivity contribution in [1.29, 1.82) is 0 Å². The number of amides is 2. The average molecular weight is 469 g/mol. The summed E-state index contributed by atoms with van der Waals surface area (Å²) in [5.41, 5.74) is 0.799. The third kappa shape index (κ3) is 5.27. The predicted molar refractivity (Wildman–Crippen MR) is 127 cm³/mol. The van der Waals surface area contributed by atoms with E-state index in [9.17, 15) is 14.4 Å². The number of benzene rings is 1. The summed E-state index contributed by atoms with van der Waals surface area (Å²) >= 11 is 0. The molecule has 2 fully saturated rings. The van der Waals surface area contributed by atoms with Crippen LogP contribution in [-0.2, 0) is 25.7 Å². The number of esters is 1. The summed E-state index contributed by atoms with van der Waals surface area (Å²) in [6.07, 6.45) is 0.987. The third-order valence-corrected chi connectivity index (χ3v) is 6.41. The molecule has 1 aromatic carbocycles. The van der Waals surface area contributed by atoms with E-state index in [1.807, 2.05) is 43.0 Å². The first kappa shape index (κ1) is 23.9. The third-order valence-electron chi connectivity index (χ3n) is 6.41. The maximum absolute atomic E-state index is 12.7. The van der Waals surface area contributed by atoms with Crippen LogP contribution in [0.3, 0.4) is 0 Å². The van der Waals surface area contributed by atoms with Crippen molar-refractivity contribution in [2.24, 2.45) is 5.92 Å². The van der Waals surface area contributed by atoms with Crippen LogP contribution in [0, 0.1) is 5.92 Å². The Bertz CT molecular complexity index is 1070. The van der Waals surface area contributed by atoms with Gasteiger partial charge >= 0.3 is 5.97 Å². The number of carbonyl (C=O) groups is 3. The number of piperazine rings is 1. The summed E-state index contributed by atoms with van der Waals surface area (Å²) < 4.78 is 4.97. The van der Waals surface area contributed by atoms with E-state index in [1.54, 1.807) is 0 Å². The van der Waals surface area contributed by atoms with Crippen molar-refractivity contribution < 1.29 is 19.1 Å². The first-order valence-corrected chi connectivity index (χ1v) is 11.8. The number of carbonyl (C=O) groups excluding carboxylic acids is 3. The number of para-hydroxylation sites is 1. The molecule has 0 spiro atoms. The Hall–Kier alpha value is -3.27. The summed E-state index contributed by atoms with van der Waals surface area (Å²) in [5, 5.41) is 6.87. The quantitative estimate of drug-likeness (QED) is 0.582. The molecule has 2 saturated heterocycles. The lowest BCUT2D eigenvalue weighted by Crippen LogP contribution is -2.53. The SMILES string of the molecule is COC(=O)[C@@H](Nc1nc(CN2CCN(C(=O)C3CCC(=O)N3)CC2)nc2ccccc12)C(C)C. The van der Waals surface area contributed by atoms with Crippen molar-refractivity contribution in [3.8, 4) is 0 Å². The van der Waals surface area contributed by atoms with Crippen molar-refractivity contribution in [2.75, 3.05) is 38.6 Å². The number of hydrogen-bond acceptors (Lipinski definition) is 8. The van der Waals surface area contributed by atoms with E-state index in [1.165, 1.54) is 7.11 Å². The zero-order valence-electron chi connectivity index (χ0n) is 19.9. The number of ether oxygens (including phenoxy) is 1. The Kier molecular flexibility index (Phi) is 7.26. The van der Waals surface area contributed by atoms with Gasteiger partial charge in [0.05, 0.1) is 19.2 Å². The van der Waals surface area contributed by atoms with Gasteiger partial charge in [0.25, 0.3) is 0 Å². The molecule has 10 heteroatoms. The van der Waals surface area contributed by atoms with Crippen LogP contribution in [0.25, 0.3) is 10.9 Å². The number of methoxy groups -OCH3 is 1. The van der Waals surface area contributed by atoms with Gasteiger partial charge < -0.3 is 20.3 Å². The molecule has 1 aromatic heterocycles. The molecule has 1 unspecified atom stereocenters. The zero-order chi connectivity index (χ0) is 24.2. The zero-order valence-corrected chi connectivity index (χ0v) is 19.9. The molecule has 0 aliphatic carbocycles. The van der Waals surface area contributed by atoms with Crippen LogP contribution in [-0.4, -0.2) is 82.9 Å². The first-order valence-electron chi connectivity index (χ1n) is 11.8. The van der Waals surface area contributed by atoms with Gasteiger partial charge in [-0.25, -0.2) is 14.8 Å². The van der Waals surface area contributed by atoms with E-state index < -0.39 is 6.04 Å². The lowest BCUT2D eigenvalue weighted by atomic mass is 10.0. The van der Waals surface area contributed by atoms with Gasteiger partial charge in [0, 0.05) is 38.0 Å². The molecule has 3 heterocycles. The van der Waals surface area contributed by atoms with Crippen LogP contribution in [0.2, 0.25) is 0 Å². The lowest BCUT2D eigenvalue weighted by Gasteiger charge is -2.35. The first-order chi connectivity index (χ1) is 16.4. The molecule has 182 valence electrons. The number of nitrogens with one attached hydrogen (secondary N) is 2. The minimum absolute atomic E-state index is 0.00137. The second kappa shape index (κ2) is 10.3. The van der Waals surface area contributed by atoms with Crippen molar-refractivity contribution in [3.63, 3.8) is 0 Å². The molecule has 10 nitrogen and oxygen atoms in total. The largest absolute Gasteiger partial charge is 0.467 e. The molecule has 0 saturated carbocycles. The molecular formula is C24H32N6O4. The fourth-order valence-corrected chi connectivity index (χ4v) is 4.42. The molecule has 0 bridgehead atoms. The molecule has 2 aliphatic rings. The highest BCUT2D eigenvalue weighted by atomic mass is 16.5. The van der Waals surface area contributed by atoms with Crippen molar-refractivity contribution in [2.45, 2.75) is 45.3 Å². The maximum Gasteiger partial charge on any atom is 0.328 e. The van der Waals surface area contributed by atoms with Crippen LogP contribution in [0.4, 0.5) is 5.82 Å². The molecule has 4 rings (SSSR count). The highest BCUT2D eigenvalue weighted by Crippen LogP contribution is 2.23. The van der Waals surface area contributed by atoms with Crippen LogP contribution >= 0.6 is 0 Å². The monoisotopic (exact) mass is 468 g/mol. The summed E-state index contributed by atoms with van der Waals surface area (Å²) in [5.74, 6) is 0.883. The summed E-state index contributed by atoms with van der Waals surface area (Å²) in [4.78, 5) is 49.9. The Balaban J connectivity index is 1.46. The summed E-state index contributed by atoms with van der Waals surface area (Å²) in [7, 11) is 1.38. The fourth-order valence-electron chi connectivity index (χ4n) is 4.42. The van der Waals surface area contributed by atoms with Crippen molar-refractivity contribution in [1.82, 2.24) is 25.1 Å². The van der Waals surface area contributed by atoms with E-state index in [0.717, 1.165) is 10.9 Å². The second-order valence-corrected chi connectivity index (χ2v) is 9.15. The molecule has 2 amide bonds. The Labute approximate surface area is 199 Å². The molecule has 34 heavy (non-hydrogen) atoms. The van der Waals surface area contributed by atoms with Crippen molar-refractivity contribution >= 4 is 34.5 Å². The van der Waals surface area contributed by atoms with E-state index in [-0.39, 0.29) is 29.7 Å². The molecule has 2 aliphatic heterocycles.